The minimum atomic E-state index is -4.43. The molecule has 2 aromatic carbocycles. The van der Waals surface area contributed by atoms with E-state index < -0.39 is 55.0 Å². The van der Waals surface area contributed by atoms with Crippen LogP contribution in [0.15, 0.2) is 67.1 Å². The zero-order valence-corrected chi connectivity index (χ0v) is 27.0. The van der Waals surface area contributed by atoms with Gasteiger partial charge in [-0.1, -0.05) is 86.2 Å². The summed E-state index contributed by atoms with van der Waals surface area (Å²) >= 11 is 6.19. The van der Waals surface area contributed by atoms with Gasteiger partial charge < -0.3 is 31.6 Å². The minimum Gasteiger partial charge on any atom is -0.368 e. The Labute approximate surface area is 272 Å². The SMILES string of the molecule is NC(=O)[C@H](Cc1cnc[nH]1)NC(=O)[C@H](CC1CCCCC1)NC(=O)CP(=O)(O)C(Cc1ccccc1)NC(=O)c1ccccc1Cl. The molecule has 0 aliphatic heterocycles. The second-order valence-corrected chi connectivity index (χ2v) is 14.5. The van der Waals surface area contributed by atoms with E-state index in [9.17, 15) is 28.6 Å². The maximum Gasteiger partial charge on any atom is 0.253 e. The number of aromatic nitrogens is 2. The Morgan fingerprint density at radius 2 is 1.65 bits per heavy atom. The van der Waals surface area contributed by atoms with Crippen molar-refractivity contribution in [2.45, 2.75) is 69.2 Å². The molecule has 1 heterocycles. The molecule has 46 heavy (non-hydrogen) atoms. The number of amides is 4. The lowest BCUT2D eigenvalue weighted by Crippen LogP contribution is -2.54. The molecule has 0 bridgehead atoms. The summed E-state index contributed by atoms with van der Waals surface area (Å²) in [6.07, 6.45) is 7.26. The van der Waals surface area contributed by atoms with E-state index in [1.54, 1.807) is 42.5 Å². The molecular weight excluding hydrogens is 631 g/mol. The molecule has 0 spiro atoms. The van der Waals surface area contributed by atoms with Gasteiger partial charge >= 0.3 is 0 Å². The van der Waals surface area contributed by atoms with Gasteiger partial charge in [-0.25, -0.2) is 4.98 Å². The molecule has 1 aliphatic carbocycles. The number of nitrogens with one attached hydrogen (secondary N) is 4. The number of rotatable bonds is 15. The van der Waals surface area contributed by atoms with Gasteiger partial charge in [-0.05, 0) is 30.0 Å². The number of benzene rings is 2. The molecule has 246 valence electrons. The summed E-state index contributed by atoms with van der Waals surface area (Å²) in [7, 11) is -4.43. The predicted molar refractivity (Wildman–Crippen MR) is 174 cm³/mol. The second kappa shape index (κ2) is 16.5. The number of nitrogens with two attached hydrogens (primary N) is 1. The maximum absolute atomic E-state index is 13.8. The highest BCUT2D eigenvalue weighted by Gasteiger charge is 2.37. The molecule has 1 aliphatic rings. The topological polar surface area (TPSA) is 196 Å². The van der Waals surface area contributed by atoms with Crippen LogP contribution in [0.2, 0.25) is 5.02 Å². The predicted octanol–water partition coefficient (Wildman–Crippen LogP) is 3.30. The van der Waals surface area contributed by atoms with Crippen molar-refractivity contribution in [1.82, 2.24) is 25.9 Å². The molecule has 7 N–H and O–H groups in total. The molecule has 4 amide bonds. The Bertz CT molecular complexity index is 1530. The van der Waals surface area contributed by atoms with Gasteiger partial charge in [0.1, 0.15) is 24.0 Å². The van der Waals surface area contributed by atoms with Gasteiger partial charge in [0, 0.05) is 24.7 Å². The fourth-order valence-electron chi connectivity index (χ4n) is 5.66. The molecule has 1 aromatic heterocycles. The van der Waals surface area contributed by atoms with Crippen molar-refractivity contribution in [2.24, 2.45) is 11.7 Å². The van der Waals surface area contributed by atoms with Crippen LogP contribution in [0, 0.1) is 5.92 Å². The van der Waals surface area contributed by atoms with Gasteiger partial charge in [0.2, 0.25) is 25.1 Å². The first-order chi connectivity index (χ1) is 22.0. The van der Waals surface area contributed by atoms with Crippen LogP contribution >= 0.6 is 19.0 Å². The summed E-state index contributed by atoms with van der Waals surface area (Å²) in [5.41, 5.74) is 6.95. The van der Waals surface area contributed by atoms with Gasteiger partial charge in [0.05, 0.1) is 16.9 Å². The maximum atomic E-state index is 13.8. The summed E-state index contributed by atoms with van der Waals surface area (Å²) in [6.45, 7) is 0. The van der Waals surface area contributed by atoms with Crippen LogP contribution in [-0.4, -0.2) is 62.5 Å². The van der Waals surface area contributed by atoms with Crippen LogP contribution in [0.4, 0.5) is 0 Å². The number of carbonyl (C=O) groups is 4. The highest BCUT2D eigenvalue weighted by molar-refractivity contribution is 7.59. The van der Waals surface area contributed by atoms with Crippen molar-refractivity contribution in [3.8, 4) is 0 Å². The number of aromatic amines is 1. The van der Waals surface area contributed by atoms with Crippen molar-refractivity contribution < 1.29 is 28.6 Å². The van der Waals surface area contributed by atoms with E-state index in [1.807, 2.05) is 0 Å². The quantitative estimate of drug-likeness (QED) is 0.133. The summed E-state index contributed by atoms with van der Waals surface area (Å²) in [4.78, 5) is 70.3. The van der Waals surface area contributed by atoms with E-state index in [-0.39, 0.29) is 29.3 Å². The average Bonchev–Trinajstić information content (AvgIpc) is 3.54. The van der Waals surface area contributed by atoms with Crippen molar-refractivity contribution >= 4 is 42.6 Å². The van der Waals surface area contributed by atoms with E-state index in [0.717, 1.165) is 32.1 Å². The van der Waals surface area contributed by atoms with E-state index in [2.05, 4.69) is 25.9 Å². The summed E-state index contributed by atoms with van der Waals surface area (Å²) in [5.74, 6) is -4.07. The van der Waals surface area contributed by atoms with Crippen LogP contribution < -0.4 is 21.7 Å². The lowest BCUT2D eigenvalue weighted by atomic mass is 9.84. The van der Waals surface area contributed by atoms with E-state index in [4.69, 9.17) is 17.3 Å². The Morgan fingerprint density at radius 1 is 0.957 bits per heavy atom. The minimum absolute atomic E-state index is 0.0298. The highest BCUT2D eigenvalue weighted by Crippen LogP contribution is 2.46. The van der Waals surface area contributed by atoms with Gasteiger partial charge in [0.25, 0.3) is 5.91 Å². The van der Waals surface area contributed by atoms with Crippen LogP contribution in [-0.2, 0) is 31.8 Å². The van der Waals surface area contributed by atoms with E-state index >= 15 is 0 Å². The summed E-state index contributed by atoms with van der Waals surface area (Å²) < 4.78 is 13.8. The number of primary amides is 1. The molecule has 12 nitrogen and oxygen atoms in total. The van der Waals surface area contributed by atoms with Crippen molar-refractivity contribution in [3.05, 3.63) is 89.0 Å². The molecule has 1 fully saturated rings. The molecule has 0 saturated heterocycles. The number of halogens is 1. The monoisotopic (exact) mass is 670 g/mol. The third-order valence-corrected chi connectivity index (χ3v) is 10.5. The number of hydrogen-bond acceptors (Lipinski definition) is 6. The van der Waals surface area contributed by atoms with Crippen LogP contribution in [0.3, 0.4) is 0 Å². The van der Waals surface area contributed by atoms with Crippen LogP contribution in [0.25, 0.3) is 0 Å². The van der Waals surface area contributed by atoms with Gasteiger partial charge in [0.15, 0.2) is 0 Å². The van der Waals surface area contributed by atoms with Crippen LogP contribution in [0.5, 0.6) is 0 Å². The first-order valence-corrected chi connectivity index (χ1v) is 17.6. The van der Waals surface area contributed by atoms with Crippen molar-refractivity contribution in [3.63, 3.8) is 0 Å². The standard InChI is InChI=1S/C32H40ClN6O6P/c33-25-14-8-7-13-24(25)31(42)39-29(16-22-11-5-2-6-12-22)46(44,45)19-28(40)37-27(15-21-9-3-1-4-10-21)32(43)38-26(30(34)41)17-23-18-35-20-36-23/h2,5-8,11-14,18,20-21,26-27,29H,1,3-4,9-10,15-17,19H2,(H2,34,41)(H,35,36)(H,37,40)(H,38,43)(H,39,42)(H,44,45)/t26-,27-,29?/m0/s1. The van der Waals surface area contributed by atoms with Gasteiger partial charge in [-0.2, -0.15) is 0 Å². The third kappa shape index (κ3) is 10.3. The zero-order chi connectivity index (χ0) is 33.1. The Morgan fingerprint density at radius 3 is 2.30 bits per heavy atom. The van der Waals surface area contributed by atoms with Crippen molar-refractivity contribution in [2.75, 3.05) is 6.16 Å². The largest absolute Gasteiger partial charge is 0.368 e. The molecule has 1 saturated carbocycles. The lowest BCUT2D eigenvalue weighted by Gasteiger charge is -2.29. The number of hydrogen-bond donors (Lipinski definition) is 6. The highest BCUT2D eigenvalue weighted by atomic mass is 35.5. The van der Waals surface area contributed by atoms with E-state index in [1.165, 1.54) is 24.7 Å². The normalized spacial score (nSPS) is 16.7. The van der Waals surface area contributed by atoms with Crippen LogP contribution in [0.1, 0.15) is 60.1 Å². The first kappa shape index (κ1) is 34.9. The zero-order valence-electron chi connectivity index (χ0n) is 25.4. The Balaban J connectivity index is 1.51. The summed E-state index contributed by atoms with van der Waals surface area (Å²) in [5, 5.41) is 8.07. The summed E-state index contributed by atoms with van der Waals surface area (Å²) in [6, 6.07) is 13.0. The Kier molecular flexibility index (Phi) is 12.5. The fraction of sp³-hybridized carbons (Fsp3) is 0.406. The fourth-order valence-corrected chi connectivity index (χ4v) is 7.42. The molecular formula is C32H40ClN6O6P. The molecule has 2 unspecified atom stereocenters. The smallest absolute Gasteiger partial charge is 0.253 e. The van der Waals surface area contributed by atoms with Gasteiger partial charge in [-0.3, -0.25) is 23.7 Å². The molecule has 0 radical (unpaired) electrons. The number of H-pyrrole nitrogens is 1. The lowest BCUT2D eigenvalue weighted by molar-refractivity contribution is -0.131. The second-order valence-electron chi connectivity index (χ2n) is 11.7. The van der Waals surface area contributed by atoms with Gasteiger partial charge in [-0.15, -0.1) is 0 Å². The van der Waals surface area contributed by atoms with E-state index in [0.29, 0.717) is 17.7 Å². The first-order valence-electron chi connectivity index (χ1n) is 15.3. The Hall–Kier alpha value is -3.99. The average molecular weight is 671 g/mol. The molecule has 4 atom stereocenters. The molecule has 3 aromatic rings. The molecule has 14 heteroatoms. The van der Waals surface area contributed by atoms with Crippen molar-refractivity contribution in [1.29, 1.82) is 0 Å². The number of nitrogens with zero attached hydrogens (tertiary/aromatic N) is 1. The number of imidazole rings is 1. The molecule has 4 rings (SSSR count). The third-order valence-electron chi connectivity index (χ3n) is 8.13. The number of carbonyl (C=O) groups excluding carboxylic acids is 4.